The maximum absolute atomic E-state index is 12.5. The number of aromatic carboxylic acids is 1. The summed E-state index contributed by atoms with van der Waals surface area (Å²) in [7, 11) is 0. The molecule has 0 amide bonds. The fraction of sp³-hybridized carbons (Fsp3) is 0.325. The third kappa shape index (κ3) is 20.6. The summed E-state index contributed by atoms with van der Waals surface area (Å²) < 4.78 is 12.7. The molecule has 6 nitrogen and oxygen atoms in total. The van der Waals surface area contributed by atoms with Gasteiger partial charge >= 0.3 is 57.4 Å². The zero-order valence-corrected chi connectivity index (χ0v) is 84.6. The average Bonchev–Trinajstić information content (AvgIpc) is 1.33. The molecule has 1 aliphatic heterocycles. The van der Waals surface area contributed by atoms with Crippen LogP contribution < -0.4 is 56.0 Å². The third-order valence-corrected chi connectivity index (χ3v) is 26.4. The number of hydrogen-bond donors (Lipinski definition) is 1. The van der Waals surface area contributed by atoms with Gasteiger partial charge in [-0.3, -0.25) is 14.3 Å². The normalized spacial score (nSPS) is 12.8. The molecule has 0 aromatic heterocycles. The van der Waals surface area contributed by atoms with Crippen LogP contribution in [0.5, 0.6) is 0 Å². The Hall–Kier alpha value is -9.81. The van der Waals surface area contributed by atoms with Gasteiger partial charge in [-0.2, -0.15) is 0 Å². The van der Waals surface area contributed by atoms with Gasteiger partial charge in [0.05, 0.1) is 5.56 Å². The summed E-state index contributed by atoms with van der Waals surface area (Å²) in [4.78, 5) is 36.5. The first-order chi connectivity index (χ1) is 59.6. The van der Waals surface area contributed by atoms with E-state index in [1.165, 1.54) is 176 Å². The van der Waals surface area contributed by atoms with Gasteiger partial charge in [0.2, 0.25) is 0 Å². The molecule has 20 aromatic rings. The second-order valence-corrected chi connectivity index (χ2v) is 44.1. The summed E-state index contributed by atoms with van der Waals surface area (Å²) in [6, 6.07) is 86.6. The average molecular weight is 1810 g/mol. The first-order valence-corrected chi connectivity index (χ1v) is 45.5. The Morgan fingerprint density at radius 3 is 0.705 bits per heavy atom. The van der Waals surface area contributed by atoms with Gasteiger partial charge in [-0.05, 0) is 306 Å². The van der Waals surface area contributed by atoms with Crippen LogP contribution in [0.3, 0.4) is 0 Å². The molecule has 0 aliphatic carbocycles. The van der Waals surface area contributed by atoms with E-state index in [-0.39, 0.29) is 129 Å². The van der Waals surface area contributed by atoms with Crippen molar-refractivity contribution in [1.29, 1.82) is 0 Å². The van der Waals surface area contributed by atoms with E-state index in [4.69, 9.17) is 9.40 Å². The van der Waals surface area contributed by atoms with Crippen LogP contribution in [-0.4, -0.2) is 36.4 Å². The number of carboxylic acids is 1. The summed E-state index contributed by atoms with van der Waals surface area (Å²) >= 11 is 3.39. The van der Waals surface area contributed by atoms with Gasteiger partial charge < -0.3 is 14.5 Å². The SMILES string of the molecule is C.C.C.C1CCOC1.CC(=O)c1cc2cc(C(C)(C)C)cc3ccc4cc(C(C)(C)C)cc1c4c32.CC(C)(C)c1cc2ccc3cc(C(C)(C)C)cc4c(C(=O)O)cc(c1)c2c34.CC(C)(C)c1cc2ccc3cc(C(C)(C)C)cc4c(C=O)cc(c1)c2c34.CC(C)(C)c1cc2ccc3cc(C(C)(C)C)cc4ccc(c1)c2c34.F.[HH].[K+].[O-]Cl.c1cc2ccc3cccc4ccc(c1)c2c34. The number of aldehydes is 1. The van der Waals surface area contributed by atoms with E-state index in [2.05, 4.69) is 409 Å². The molecule has 21 rings (SSSR count). The summed E-state index contributed by atoms with van der Waals surface area (Å²) in [5.41, 5.74) is 12.9. The minimum Gasteiger partial charge on any atom is -0.769 e. The number of carbonyl (C=O) groups excluding carboxylic acids is 2. The van der Waals surface area contributed by atoms with Crippen LogP contribution in [0.25, 0.3) is 162 Å². The first kappa shape index (κ1) is 104. The van der Waals surface area contributed by atoms with Gasteiger partial charge in [0.25, 0.3) is 0 Å². The number of carboxylic acid groups (broad SMARTS) is 1. The van der Waals surface area contributed by atoms with Crippen LogP contribution in [0.1, 0.15) is 285 Å². The zero-order valence-electron chi connectivity index (χ0n) is 80.7. The van der Waals surface area contributed by atoms with Crippen molar-refractivity contribution in [1.82, 2.24) is 0 Å². The Morgan fingerprint density at radius 1 is 0.288 bits per heavy atom. The number of halogens is 2. The van der Waals surface area contributed by atoms with Crippen molar-refractivity contribution in [3.63, 3.8) is 0 Å². The number of benzene rings is 20. The predicted octanol–water partition coefficient (Wildman–Crippen LogP) is 32.6. The molecule has 1 fully saturated rings. The van der Waals surface area contributed by atoms with Crippen LogP contribution in [-0.2, 0) is 48.1 Å². The summed E-state index contributed by atoms with van der Waals surface area (Å²) in [6.07, 6.45) is 3.56. The van der Waals surface area contributed by atoms with Gasteiger partial charge in [-0.15, -0.1) is 0 Å². The van der Waals surface area contributed by atoms with Gasteiger partial charge in [-0.25, -0.2) is 16.7 Å². The minimum absolute atomic E-state index is 0. The molecule has 682 valence electrons. The number of ketones is 1. The van der Waals surface area contributed by atoms with Gasteiger partial charge in [0.15, 0.2) is 12.1 Å². The van der Waals surface area contributed by atoms with E-state index in [1.54, 1.807) is 6.92 Å². The topological polar surface area (TPSA) is 104 Å². The Labute approximate surface area is 832 Å². The van der Waals surface area contributed by atoms with Crippen molar-refractivity contribution < 1.29 is 86.4 Å². The number of ether oxygens (including phenoxy) is 1. The molecule has 0 spiro atoms. The molecular formula is C123H139ClFKO6. The molecule has 20 aromatic carbocycles. The van der Waals surface area contributed by atoms with E-state index >= 15 is 0 Å². The number of Topliss-reactive ketones (excluding diaryl/α,β-unsaturated/α-hetero) is 1. The molecule has 9 heteroatoms. The summed E-state index contributed by atoms with van der Waals surface area (Å²) in [6.45, 7) is 57.2. The van der Waals surface area contributed by atoms with E-state index in [1.807, 2.05) is 6.07 Å². The third-order valence-electron chi connectivity index (χ3n) is 26.4. The van der Waals surface area contributed by atoms with Crippen molar-refractivity contribution in [3.8, 4) is 0 Å². The van der Waals surface area contributed by atoms with Crippen molar-refractivity contribution in [2.24, 2.45) is 0 Å². The first-order valence-electron chi connectivity index (χ1n) is 45.2. The molecule has 132 heavy (non-hydrogen) atoms. The van der Waals surface area contributed by atoms with Crippen LogP contribution >= 0.6 is 11.9 Å². The molecule has 0 unspecified atom stereocenters. The molecule has 0 saturated carbocycles. The number of rotatable bonds is 3. The molecule has 1 saturated heterocycles. The van der Waals surface area contributed by atoms with E-state index < -0.39 is 5.97 Å². The van der Waals surface area contributed by atoms with E-state index in [0.29, 0.717) is 5.56 Å². The van der Waals surface area contributed by atoms with Crippen molar-refractivity contribution >= 4 is 191 Å². The van der Waals surface area contributed by atoms with Crippen molar-refractivity contribution in [2.45, 2.75) is 252 Å². The summed E-state index contributed by atoms with van der Waals surface area (Å²) in [5.74, 6) is -0.739. The standard InChI is InChI=1S/C26H28O.C25H26O2.C25H26O.C24H26.C16H10.C4H8O.3CH4.ClO.FH.K.H2/c1-15(27)21-13-18-12-19(25(2,3)4)10-16-8-9-17-11-20(26(5,6)7)14-22(21)24(17)23(16)18;1-24(2,3)17-9-14-7-8-15-10-18(25(4,5)6)13-19-20(23(26)27)12-16(11-17)21(14)22(15)19;1-24(2,3)19-10-15-7-8-16-11-20(25(4,5)6)13-21-18(14-26)9-17(12-19)22(15)23(16)21;1-23(2,3)19-11-15-7-9-17-13-20(24(4,5)6)14-18-10-8-16(12-19)21(15)22(17)18;1-3-11-7-9-13-5-2-6-14-10-8-12(4-1)15(11)16(13)14;1-2-4-5-3-1;;;;1-2;;;/h8-14H,1-7H3;7-13H,1-6H3,(H,26,27);7-14H,1-6H3;7-14H,1-6H3;1-10H;1-4H2;3*1H4;;1H;;1H/q;;;;;;;;;-1;;+1;. The van der Waals surface area contributed by atoms with Gasteiger partial charge in [0, 0.05) is 25.8 Å². The monoisotopic (exact) mass is 1800 g/mol. The maximum Gasteiger partial charge on any atom is 1.00 e. The molecule has 0 radical (unpaired) electrons. The van der Waals surface area contributed by atoms with Crippen LogP contribution in [0.2, 0.25) is 0 Å². The maximum atomic E-state index is 12.5. The van der Waals surface area contributed by atoms with E-state index in [0.717, 1.165) is 73.9 Å². The van der Waals surface area contributed by atoms with Crippen LogP contribution in [0, 0.1) is 0 Å². The van der Waals surface area contributed by atoms with Crippen LogP contribution in [0.15, 0.2) is 237 Å². The van der Waals surface area contributed by atoms with Gasteiger partial charge in [0.1, 0.15) is 0 Å². The Morgan fingerprint density at radius 2 is 0.477 bits per heavy atom. The molecule has 1 heterocycles. The zero-order chi connectivity index (χ0) is 91.6. The Balaban J connectivity index is 0.000000182. The molecule has 1 aliphatic rings. The Bertz CT molecular complexity index is 7120. The number of carbonyl (C=O) groups is 3. The predicted molar refractivity (Wildman–Crippen MR) is 573 cm³/mol. The van der Waals surface area contributed by atoms with Gasteiger partial charge in [-0.1, -0.05) is 389 Å². The molecule has 1 N–H and O–H groups in total. The Kier molecular flexibility index (Phi) is 30.7. The number of hydrogen-bond acceptors (Lipinski definition) is 5. The largest absolute Gasteiger partial charge is 1.00 e. The van der Waals surface area contributed by atoms with Crippen molar-refractivity contribution in [2.75, 3.05) is 13.2 Å². The second-order valence-electron chi connectivity index (χ2n) is 44.1. The molecular weight excluding hydrogens is 1670 g/mol. The van der Waals surface area contributed by atoms with E-state index in [9.17, 15) is 19.5 Å². The minimum atomic E-state index is -0.869. The van der Waals surface area contributed by atoms with Crippen molar-refractivity contribution in [3.05, 3.63) is 298 Å². The molecule has 0 atom stereocenters. The fourth-order valence-corrected chi connectivity index (χ4v) is 18.8. The second kappa shape index (κ2) is 38.9. The molecule has 0 bridgehead atoms. The summed E-state index contributed by atoms with van der Waals surface area (Å²) in [5, 5.41) is 47.2. The van der Waals surface area contributed by atoms with Crippen LogP contribution in [0.4, 0.5) is 4.70 Å². The quantitative estimate of drug-likeness (QED) is 0.0818. The fourth-order valence-electron chi connectivity index (χ4n) is 18.8. The smallest absolute Gasteiger partial charge is 0.769 e.